The van der Waals surface area contributed by atoms with Crippen molar-refractivity contribution in [2.45, 2.75) is 18.4 Å². The quantitative estimate of drug-likeness (QED) is 0.585. The molecule has 0 bridgehead atoms. The molecule has 0 aromatic heterocycles. The van der Waals surface area contributed by atoms with Crippen molar-refractivity contribution in [3.63, 3.8) is 0 Å². The Balaban J connectivity index is 4.87. The van der Waals surface area contributed by atoms with Crippen LogP contribution in [-0.4, -0.2) is 38.8 Å². The fraction of sp³-hybridized carbons (Fsp3) is 0.500. The first-order chi connectivity index (χ1) is 6.34. The number of hydrogen-bond donors (Lipinski definition) is 3. The zero-order chi connectivity index (χ0) is 11.4. The molecule has 0 fully saturated rings. The van der Waals surface area contributed by atoms with Crippen molar-refractivity contribution in [2.75, 3.05) is 0 Å². The van der Waals surface area contributed by atoms with Gasteiger partial charge in [-0.3, -0.25) is 0 Å². The zero-order valence-electron chi connectivity index (χ0n) is 6.89. The molecule has 77 valence electrons. The molecule has 0 aromatic rings. The number of carboxylic acid groups (broad SMARTS) is 3. The molecule has 0 radical (unpaired) electrons. The summed E-state index contributed by atoms with van der Waals surface area (Å²) >= 11 is 0.303. The third-order valence-corrected chi connectivity index (χ3v) is 2.42. The summed E-state index contributed by atoms with van der Waals surface area (Å²) in [6.07, 6.45) is -1.75. The summed E-state index contributed by atoms with van der Waals surface area (Å²) in [7, 11) is 0. The Kier molecular flexibility index (Phi) is 4.93. The molecule has 8 heteroatoms. The molecular weight excluding hydrogens is 275 g/mol. The van der Waals surface area contributed by atoms with Gasteiger partial charge in [-0.05, 0) is 0 Å². The number of carbonyl (C=O) groups is 3. The first kappa shape index (κ1) is 13.3. The van der Waals surface area contributed by atoms with E-state index in [-0.39, 0.29) is 0 Å². The molecule has 7 nitrogen and oxygen atoms in total. The van der Waals surface area contributed by atoms with E-state index in [2.05, 4.69) is 2.81 Å². The van der Waals surface area contributed by atoms with Gasteiger partial charge in [-0.1, -0.05) is 0 Å². The second kappa shape index (κ2) is 5.21. The molecule has 0 atom stereocenters. The van der Waals surface area contributed by atoms with E-state index >= 15 is 0 Å². The summed E-state index contributed by atoms with van der Waals surface area (Å²) in [6.45, 7) is 0. The molecule has 0 aliphatic rings. The van der Waals surface area contributed by atoms with Crippen LogP contribution in [0, 0.1) is 0 Å². The molecular formula is C6H7O7Zr. The fourth-order valence-corrected chi connectivity index (χ4v) is 1.39. The molecule has 0 unspecified atom stereocenters. The molecule has 14 heavy (non-hydrogen) atoms. The zero-order valence-corrected chi connectivity index (χ0v) is 9.35. The van der Waals surface area contributed by atoms with Crippen molar-refractivity contribution in [2.24, 2.45) is 0 Å². The Labute approximate surface area is 94.1 Å². The van der Waals surface area contributed by atoms with Gasteiger partial charge in [0.25, 0.3) is 0 Å². The van der Waals surface area contributed by atoms with Crippen LogP contribution >= 0.6 is 0 Å². The molecule has 0 saturated carbocycles. The summed E-state index contributed by atoms with van der Waals surface area (Å²) in [6, 6.07) is 0. The van der Waals surface area contributed by atoms with Gasteiger partial charge in [0, 0.05) is 0 Å². The predicted molar refractivity (Wildman–Crippen MR) is 36.0 cm³/mol. The van der Waals surface area contributed by atoms with Crippen LogP contribution < -0.4 is 0 Å². The first-order valence-corrected chi connectivity index (χ1v) is 4.36. The van der Waals surface area contributed by atoms with Crippen molar-refractivity contribution in [3.05, 3.63) is 0 Å². The fourth-order valence-electron chi connectivity index (χ4n) is 0.818. The Morgan fingerprint density at radius 1 is 1.07 bits per heavy atom. The van der Waals surface area contributed by atoms with E-state index in [1.165, 1.54) is 0 Å². The maximum absolute atomic E-state index is 10.7. The minimum atomic E-state index is -2.16. The molecule has 0 saturated heterocycles. The molecule has 0 aromatic carbocycles. The van der Waals surface area contributed by atoms with Gasteiger partial charge in [-0.25, -0.2) is 0 Å². The summed E-state index contributed by atoms with van der Waals surface area (Å²) in [5.74, 6) is -4.42. The van der Waals surface area contributed by atoms with Crippen LogP contribution in [0.25, 0.3) is 0 Å². The van der Waals surface area contributed by atoms with Gasteiger partial charge in [0.15, 0.2) is 0 Å². The summed E-state index contributed by atoms with van der Waals surface area (Å²) in [5, 5.41) is 25.5. The summed E-state index contributed by atoms with van der Waals surface area (Å²) < 4.78 is 4.55. The van der Waals surface area contributed by atoms with Crippen LogP contribution in [0.4, 0.5) is 0 Å². The summed E-state index contributed by atoms with van der Waals surface area (Å²) in [5.41, 5.74) is -2.16. The van der Waals surface area contributed by atoms with E-state index in [4.69, 9.17) is 15.3 Å². The van der Waals surface area contributed by atoms with Gasteiger partial charge in [0.2, 0.25) is 0 Å². The molecule has 0 aliphatic carbocycles. The van der Waals surface area contributed by atoms with Crippen LogP contribution in [0.2, 0.25) is 0 Å². The third kappa shape index (κ3) is 3.55. The van der Waals surface area contributed by atoms with Crippen LogP contribution in [0.5, 0.6) is 0 Å². The van der Waals surface area contributed by atoms with E-state index < -0.39 is 36.4 Å². The van der Waals surface area contributed by atoms with Gasteiger partial charge >= 0.3 is 94.0 Å². The van der Waals surface area contributed by atoms with E-state index in [0.717, 1.165) is 0 Å². The maximum atomic E-state index is 10.7. The van der Waals surface area contributed by atoms with Gasteiger partial charge in [-0.15, -0.1) is 0 Å². The van der Waals surface area contributed by atoms with Gasteiger partial charge in [-0.2, -0.15) is 0 Å². The molecule has 0 spiro atoms. The minimum absolute atomic E-state index is 0.303. The molecule has 0 amide bonds. The van der Waals surface area contributed by atoms with Gasteiger partial charge < -0.3 is 0 Å². The number of rotatable bonds is 6. The average molecular weight is 282 g/mol. The van der Waals surface area contributed by atoms with Crippen molar-refractivity contribution < 1.29 is 57.7 Å². The van der Waals surface area contributed by atoms with E-state index in [1.54, 1.807) is 0 Å². The molecule has 0 aliphatic heterocycles. The van der Waals surface area contributed by atoms with Crippen molar-refractivity contribution >= 4 is 17.9 Å². The van der Waals surface area contributed by atoms with Crippen LogP contribution in [0.3, 0.4) is 0 Å². The SMILES string of the molecule is O=C(O)CC(CC(=O)O)([O][Zr])C(=O)O. The Morgan fingerprint density at radius 3 is 1.57 bits per heavy atom. The van der Waals surface area contributed by atoms with E-state index in [0.29, 0.717) is 25.2 Å². The molecule has 0 heterocycles. The number of aliphatic carboxylic acids is 3. The first-order valence-electron chi connectivity index (χ1n) is 3.36. The van der Waals surface area contributed by atoms with Gasteiger partial charge in [0.1, 0.15) is 0 Å². The Bertz CT molecular complexity index is 245. The van der Waals surface area contributed by atoms with Crippen LogP contribution in [0.1, 0.15) is 12.8 Å². The topological polar surface area (TPSA) is 121 Å². The van der Waals surface area contributed by atoms with Crippen LogP contribution in [-0.2, 0) is 42.4 Å². The third-order valence-electron chi connectivity index (χ3n) is 1.46. The van der Waals surface area contributed by atoms with Crippen molar-refractivity contribution in [1.29, 1.82) is 0 Å². The molecule has 3 N–H and O–H groups in total. The average Bonchev–Trinajstić information content (AvgIpc) is 2.00. The number of hydrogen-bond acceptors (Lipinski definition) is 4. The second-order valence-corrected chi connectivity index (χ2v) is 3.04. The summed E-state index contributed by atoms with van der Waals surface area (Å²) in [4.78, 5) is 31.4. The normalized spacial score (nSPS) is 10.8. The van der Waals surface area contributed by atoms with Crippen LogP contribution in [0.15, 0.2) is 0 Å². The predicted octanol–water partition coefficient (Wildman–Crippen LogP) is -0.762. The monoisotopic (exact) mass is 281 g/mol. The van der Waals surface area contributed by atoms with E-state index in [9.17, 15) is 14.4 Å². The van der Waals surface area contributed by atoms with Crippen molar-refractivity contribution in [1.82, 2.24) is 0 Å². The van der Waals surface area contributed by atoms with E-state index in [1.807, 2.05) is 0 Å². The molecule has 0 rings (SSSR count). The number of carboxylic acids is 3. The second-order valence-electron chi connectivity index (χ2n) is 2.54. The Hall–Kier alpha value is -0.747. The standard InChI is InChI=1S/C6H7O7.Zr/c7-3(8)1-6(13,5(11)12)2-4(9)10;/h1-2H2,(H,7,8)(H,9,10)(H,11,12);/q-1;+1. The Morgan fingerprint density at radius 2 is 1.43 bits per heavy atom. The van der Waals surface area contributed by atoms with Crippen molar-refractivity contribution in [3.8, 4) is 0 Å². The van der Waals surface area contributed by atoms with Gasteiger partial charge in [0.05, 0.1) is 0 Å².